The van der Waals surface area contributed by atoms with Gasteiger partial charge in [0.25, 0.3) is 0 Å². The van der Waals surface area contributed by atoms with E-state index >= 15 is 0 Å². The van der Waals surface area contributed by atoms with E-state index in [2.05, 4.69) is 36.2 Å². The molecular weight excluding hydrogens is 228 g/mol. The second-order valence-electron chi connectivity index (χ2n) is 4.77. The Kier molecular flexibility index (Phi) is 3.81. The average molecular weight is 248 g/mol. The van der Waals surface area contributed by atoms with Crippen molar-refractivity contribution in [3.63, 3.8) is 0 Å². The van der Waals surface area contributed by atoms with E-state index in [1.54, 1.807) is 6.33 Å². The van der Waals surface area contributed by atoms with E-state index in [0.717, 1.165) is 17.3 Å². The third-order valence-corrected chi connectivity index (χ3v) is 2.89. The highest BCUT2D eigenvalue weighted by Gasteiger charge is 2.12. The van der Waals surface area contributed by atoms with Crippen LogP contribution in [0.15, 0.2) is 22.9 Å². The van der Waals surface area contributed by atoms with Crippen molar-refractivity contribution in [3.05, 3.63) is 35.8 Å². The second kappa shape index (κ2) is 5.35. The number of aryl methyl sites for hydroxylation is 1. The molecule has 0 saturated carbocycles. The molecule has 2 heterocycles. The number of furan rings is 1. The molecule has 18 heavy (non-hydrogen) atoms. The summed E-state index contributed by atoms with van der Waals surface area (Å²) in [4.78, 5) is 4.27. The van der Waals surface area contributed by atoms with Gasteiger partial charge in [0.1, 0.15) is 23.7 Å². The van der Waals surface area contributed by atoms with Crippen molar-refractivity contribution >= 4 is 0 Å². The lowest BCUT2D eigenvalue weighted by molar-refractivity contribution is 0.404. The minimum absolute atomic E-state index is 0.163. The maximum atomic E-state index is 5.59. The summed E-state index contributed by atoms with van der Waals surface area (Å²) in [6.07, 6.45) is 1.60. The largest absolute Gasteiger partial charge is 0.465 e. The first-order valence-corrected chi connectivity index (χ1v) is 6.26. The summed E-state index contributed by atoms with van der Waals surface area (Å²) in [6, 6.07) is 4.46. The van der Waals surface area contributed by atoms with Gasteiger partial charge in [-0.25, -0.2) is 9.67 Å². The van der Waals surface area contributed by atoms with Crippen LogP contribution in [-0.4, -0.2) is 14.8 Å². The van der Waals surface area contributed by atoms with Crippen LogP contribution in [0.4, 0.5) is 0 Å². The molecule has 1 N–H and O–H groups in total. The van der Waals surface area contributed by atoms with Crippen molar-refractivity contribution in [1.82, 2.24) is 20.1 Å². The summed E-state index contributed by atoms with van der Waals surface area (Å²) in [5, 5.41) is 7.61. The maximum Gasteiger partial charge on any atom is 0.141 e. The molecular formula is C13H20N4O. The fourth-order valence-electron chi connectivity index (χ4n) is 1.86. The molecule has 1 atom stereocenters. The van der Waals surface area contributed by atoms with Crippen LogP contribution in [0.3, 0.4) is 0 Å². The van der Waals surface area contributed by atoms with Gasteiger partial charge >= 0.3 is 0 Å². The normalized spacial score (nSPS) is 13.2. The lowest BCUT2D eigenvalue weighted by atomic mass is 10.2. The first kappa shape index (κ1) is 12.8. The molecule has 2 rings (SSSR count). The number of aromatic nitrogens is 3. The number of rotatable bonds is 5. The van der Waals surface area contributed by atoms with Gasteiger partial charge in [-0.1, -0.05) is 0 Å². The van der Waals surface area contributed by atoms with E-state index in [0.29, 0.717) is 12.6 Å². The Hall–Kier alpha value is -1.62. The molecule has 98 valence electrons. The van der Waals surface area contributed by atoms with Crippen molar-refractivity contribution in [1.29, 1.82) is 0 Å². The number of hydrogen-bond acceptors (Lipinski definition) is 4. The molecule has 0 aliphatic rings. The fourth-order valence-corrected chi connectivity index (χ4v) is 1.86. The molecule has 0 amide bonds. The molecule has 0 radical (unpaired) electrons. The smallest absolute Gasteiger partial charge is 0.141 e. The second-order valence-corrected chi connectivity index (χ2v) is 4.77. The molecule has 2 aromatic rings. The summed E-state index contributed by atoms with van der Waals surface area (Å²) in [5.41, 5.74) is 0. The molecule has 0 aliphatic heterocycles. The van der Waals surface area contributed by atoms with Crippen LogP contribution in [-0.2, 0) is 6.54 Å². The minimum atomic E-state index is 0.163. The van der Waals surface area contributed by atoms with E-state index in [1.165, 1.54) is 0 Å². The highest BCUT2D eigenvalue weighted by atomic mass is 16.3. The van der Waals surface area contributed by atoms with Gasteiger partial charge in [0, 0.05) is 6.04 Å². The zero-order valence-electron chi connectivity index (χ0n) is 11.3. The highest BCUT2D eigenvalue weighted by molar-refractivity contribution is 5.09. The lowest BCUT2D eigenvalue weighted by Gasteiger charge is -2.13. The molecule has 2 aromatic heterocycles. The van der Waals surface area contributed by atoms with Crippen LogP contribution in [0.2, 0.25) is 0 Å². The Balaban J connectivity index is 1.97. The van der Waals surface area contributed by atoms with Crippen molar-refractivity contribution < 1.29 is 4.42 Å². The summed E-state index contributed by atoms with van der Waals surface area (Å²) < 4.78 is 7.51. The Labute approximate surface area is 107 Å². The molecule has 5 nitrogen and oxygen atoms in total. The van der Waals surface area contributed by atoms with Gasteiger partial charge in [0.15, 0.2) is 0 Å². The summed E-state index contributed by atoms with van der Waals surface area (Å²) in [7, 11) is 0. The van der Waals surface area contributed by atoms with Crippen LogP contribution in [0, 0.1) is 6.92 Å². The first-order valence-electron chi connectivity index (χ1n) is 6.26. The Morgan fingerprint density at radius 3 is 2.72 bits per heavy atom. The molecule has 0 bridgehead atoms. The number of hydrogen-bond donors (Lipinski definition) is 1. The van der Waals surface area contributed by atoms with Gasteiger partial charge in [0.05, 0.1) is 12.6 Å². The van der Waals surface area contributed by atoms with Gasteiger partial charge in [-0.2, -0.15) is 5.10 Å². The highest BCUT2D eigenvalue weighted by Crippen LogP contribution is 2.16. The van der Waals surface area contributed by atoms with E-state index in [-0.39, 0.29) is 6.04 Å². The molecule has 5 heteroatoms. The topological polar surface area (TPSA) is 55.9 Å². The van der Waals surface area contributed by atoms with Gasteiger partial charge in [-0.15, -0.1) is 0 Å². The zero-order chi connectivity index (χ0) is 13.1. The van der Waals surface area contributed by atoms with Gasteiger partial charge in [-0.3, -0.25) is 0 Å². The third kappa shape index (κ3) is 2.79. The standard InChI is InChI=1S/C13H20N4O/c1-9(2)17-13(15-8-16-17)7-14-11(4)12-6-5-10(3)18-12/h5-6,8-9,11,14H,7H2,1-4H3. The van der Waals surface area contributed by atoms with Crippen LogP contribution in [0.1, 0.15) is 50.2 Å². The minimum Gasteiger partial charge on any atom is -0.465 e. The van der Waals surface area contributed by atoms with Gasteiger partial charge < -0.3 is 9.73 Å². The van der Waals surface area contributed by atoms with E-state index in [9.17, 15) is 0 Å². The van der Waals surface area contributed by atoms with Gasteiger partial charge in [-0.05, 0) is 39.8 Å². The monoisotopic (exact) mass is 248 g/mol. The van der Waals surface area contributed by atoms with Crippen LogP contribution < -0.4 is 5.32 Å². The van der Waals surface area contributed by atoms with Crippen LogP contribution in [0.5, 0.6) is 0 Å². The fraction of sp³-hybridized carbons (Fsp3) is 0.538. The molecule has 0 saturated heterocycles. The van der Waals surface area contributed by atoms with Crippen LogP contribution >= 0.6 is 0 Å². The molecule has 0 aromatic carbocycles. The Bertz CT molecular complexity index is 501. The molecule has 0 aliphatic carbocycles. The van der Waals surface area contributed by atoms with Crippen molar-refractivity contribution in [2.24, 2.45) is 0 Å². The first-order chi connectivity index (χ1) is 8.58. The van der Waals surface area contributed by atoms with Crippen LogP contribution in [0.25, 0.3) is 0 Å². The number of nitrogens with zero attached hydrogens (tertiary/aromatic N) is 3. The third-order valence-electron chi connectivity index (χ3n) is 2.89. The van der Waals surface area contributed by atoms with E-state index in [1.807, 2.05) is 23.7 Å². The Morgan fingerprint density at radius 1 is 1.33 bits per heavy atom. The quantitative estimate of drug-likeness (QED) is 0.883. The van der Waals surface area contributed by atoms with Crippen molar-refractivity contribution in [2.75, 3.05) is 0 Å². The summed E-state index contributed by atoms with van der Waals surface area (Å²) >= 11 is 0. The van der Waals surface area contributed by atoms with E-state index in [4.69, 9.17) is 4.42 Å². The Morgan fingerprint density at radius 2 is 2.11 bits per heavy atom. The number of nitrogens with one attached hydrogen (secondary N) is 1. The summed E-state index contributed by atoms with van der Waals surface area (Å²) in [5.74, 6) is 2.83. The maximum absolute atomic E-state index is 5.59. The molecule has 1 unspecified atom stereocenters. The van der Waals surface area contributed by atoms with Crippen molar-refractivity contribution in [2.45, 2.75) is 46.3 Å². The predicted octanol–water partition coefficient (Wildman–Crippen LogP) is 2.61. The summed E-state index contributed by atoms with van der Waals surface area (Å²) in [6.45, 7) is 8.90. The molecule has 0 spiro atoms. The van der Waals surface area contributed by atoms with Crippen molar-refractivity contribution in [3.8, 4) is 0 Å². The SMILES string of the molecule is Cc1ccc(C(C)NCc2ncnn2C(C)C)o1. The van der Waals surface area contributed by atoms with E-state index < -0.39 is 0 Å². The zero-order valence-corrected chi connectivity index (χ0v) is 11.3. The van der Waals surface area contributed by atoms with Gasteiger partial charge in [0.2, 0.25) is 0 Å². The predicted molar refractivity (Wildman–Crippen MR) is 69.1 cm³/mol. The lowest BCUT2D eigenvalue weighted by Crippen LogP contribution is -2.21. The average Bonchev–Trinajstić information content (AvgIpc) is 2.94. The molecule has 0 fully saturated rings.